The highest BCUT2D eigenvalue weighted by Crippen LogP contribution is 2.28. The molecular weight excluding hydrogens is 240 g/mol. The molecule has 0 amide bonds. The summed E-state index contributed by atoms with van der Waals surface area (Å²) in [5, 5.41) is 3.65. The van der Waals surface area contributed by atoms with Crippen molar-refractivity contribution in [2.45, 2.75) is 46.2 Å². The van der Waals surface area contributed by atoms with Gasteiger partial charge < -0.3 is 14.8 Å². The fourth-order valence-electron chi connectivity index (χ4n) is 2.69. The van der Waals surface area contributed by atoms with E-state index in [9.17, 15) is 0 Å². The van der Waals surface area contributed by atoms with Crippen LogP contribution in [0.5, 0.6) is 0 Å². The van der Waals surface area contributed by atoms with Gasteiger partial charge in [0.25, 0.3) is 0 Å². The zero-order valence-electron chi connectivity index (χ0n) is 13.6. The minimum absolute atomic E-state index is 0.189. The van der Waals surface area contributed by atoms with Crippen molar-refractivity contribution in [3.63, 3.8) is 0 Å². The highest BCUT2D eigenvalue weighted by atomic mass is 16.5. The van der Waals surface area contributed by atoms with Crippen LogP contribution < -0.4 is 5.32 Å². The Hall–Kier alpha value is -0.160. The van der Waals surface area contributed by atoms with E-state index in [1.54, 1.807) is 7.11 Å². The number of hydrogen-bond acceptors (Lipinski definition) is 4. The molecule has 1 rings (SSSR count). The predicted molar refractivity (Wildman–Crippen MR) is 79.6 cm³/mol. The second-order valence-corrected chi connectivity index (χ2v) is 7.22. The lowest BCUT2D eigenvalue weighted by molar-refractivity contribution is 0.000959. The van der Waals surface area contributed by atoms with Crippen molar-refractivity contribution < 1.29 is 9.47 Å². The van der Waals surface area contributed by atoms with Gasteiger partial charge in [-0.05, 0) is 19.3 Å². The molecule has 0 bridgehead atoms. The van der Waals surface area contributed by atoms with Gasteiger partial charge in [0.2, 0.25) is 0 Å². The first-order valence-electron chi connectivity index (χ1n) is 7.32. The number of rotatable bonds is 6. The average Bonchev–Trinajstić information content (AvgIpc) is 2.26. The van der Waals surface area contributed by atoms with Gasteiger partial charge in [-0.2, -0.15) is 0 Å². The van der Waals surface area contributed by atoms with Crippen molar-refractivity contribution in [3.05, 3.63) is 0 Å². The second kappa shape index (κ2) is 7.02. The van der Waals surface area contributed by atoms with Gasteiger partial charge in [-0.3, -0.25) is 4.90 Å². The lowest BCUT2D eigenvalue weighted by atomic mass is 9.82. The van der Waals surface area contributed by atoms with Crippen molar-refractivity contribution >= 4 is 0 Å². The van der Waals surface area contributed by atoms with Crippen molar-refractivity contribution in [2.24, 2.45) is 5.41 Å². The third-order valence-corrected chi connectivity index (χ3v) is 3.77. The molecule has 0 aromatic rings. The van der Waals surface area contributed by atoms with Crippen molar-refractivity contribution in [3.8, 4) is 0 Å². The molecule has 4 heteroatoms. The predicted octanol–water partition coefficient (Wildman–Crippen LogP) is 1.75. The third kappa shape index (κ3) is 5.78. The maximum atomic E-state index is 5.62. The summed E-state index contributed by atoms with van der Waals surface area (Å²) in [5.41, 5.74) is 0.476. The van der Waals surface area contributed by atoms with Crippen LogP contribution in [0.3, 0.4) is 0 Å². The highest BCUT2D eigenvalue weighted by Gasteiger charge is 2.37. The van der Waals surface area contributed by atoms with Gasteiger partial charge in [0, 0.05) is 38.3 Å². The van der Waals surface area contributed by atoms with E-state index >= 15 is 0 Å². The van der Waals surface area contributed by atoms with Crippen LogP contribution in [0.2, 0.25) is 0 Å². The van der Waals surface area contributed by atoms with Crippen LogP contribution in [0.25, 0.3) is 0 Å². The van der Waals surface area contributed by atoms with Crippen LogP contribution in [0, 0.1) is 5.41 Å². The number of piperazine rings is 1. The van der Waals surface area contributed by atoms with Crippen LogP contribution in [-0.4, -0.2) is 63.0 Å². The summed E-state index contributed by atoms with van der Waals surface area (Å²) in [6.45, 7) is 16.8. The van der Waals surface area contributed by atoms with Crippen molar-refractivity contribution in [1.82, 2.24) is 10.2 Å². The average molecular weight is 272 g/mol. The molecule has 1 saturated heterocycles. The van der Waals surface area contributed by atoms with E-state index in [2.05, 4.69) is 44.8 Å². The fraction of sp³-hybridized carbons (Fsp3) is 1.00. The number of nitrogens with one attached hydrogen (secondary N) is 1. The fourth-order valence-corrected chi connectivity index (χ4v) is 2.69. The van der Waals surface area contributed by atoms with Gasteiger partial charge in [0.1, 0.15) is 0 Å². The van der Waals surface area contributed by atoms with Gasteiger partial charge in [0.15, 0.2) is 0 Å². The Bertz CT molecular complexity index is 261. The molecular formula is C15H32N2O2. The zero-order chi connectivity index (χ0) is 14.5. The summed E-state index contributed by atoms with van der Waals surface area (Å²) in [6, 6.07) is 0.562. The summed E-state index contributed by atoms with van der Waals surface area (Å²) in [5.74, 6) is 0. The molecule has 1 N–H and O–H groups in total. The minimum atomic E-state index is 0.189. The molecule has 0 radical (unpaired) electrons. The highest BCUT2D eigenvalue weighted by molar-refractivity contribution is 4.96. The third-order valence-electron chi connectivity index (χ3n) is 3.77. The largest absolute Gasteiger partial charge is 0.382 e. The number of ether oxygens (including phenoxy) is 2. The first kappa shape index (κ1) is 16.9. The maximum Gasteiger partial charge on any atom is 0.0700 e. The maximum absolute atomic E-state index is 5.62. The lowest BCUT2D eigenvalue weighted by Crippen LogP contribution is -2.65. The van der Waals surface area contributed by atoms with E-state index in [1.165, 1.54) is 0 Å². The molecule has 0 aliphatic carbocycles. The molecule has 1 atom stereocenters. The van der Waals surface area contributed by atoms with E-state index in [4.69, 9.17) is 9.47 Å². The van der Waals surface area contributed by atoms with E-state index in [0.29, 0.717) is 19.3 Å². The Balaban J connectivity index is 2.48. The van der Waals surface area contributed by atoms with Gasteiger partial charge in [0.05, 0.1) is 19.8 Å². The van der Waals surface area contributed by atoms with E-state index in [0.717, 1.165) is 26.2 Å². The minimum Gasteiger partial charge on any atom is -0.382 e. The van der Waals surface area contributed by atoms with Crippen molar-refractivity contribution in [2.75, 3.05) is 46.6 Å². The normalized spacial score (nSPS) is 24.6. The summed E-state index contributed by atoms with van der Waals surface area (Å²) in [6.07, 6.45) is 0. The van der Waals surface area contributed by atoms with Crippen LogP contribution in [-0.2, 0) is 9.47 Å². The molecule has 1 fully saturated rings. The van der Waals surface area contributed by atoms with Gasteiger partial charge in [-0.25, -0.2) is 0 Å². The Labute approximate surface area is 118 Å². The van der Waals surface area contributed by atoms with Crippen LogP contribution in [0.15, 0.2) is 0 Å². The monoisotopic (exact) mass is 272 g/mol. The quantitative estimate of drug-likeness (QED) is 0.747. The van der Waals surface area contributed by atoms with Gasteiger partial charge in [-0.1, -0.05) is 20.8 Å². The lowest BCUT2D eigenvalue weighted by Gasteiger charge is -2.49. The molecule has 114 valence electrons. The summed E-state index contributed by atoms with van der Waals surface area (Å²) in [7, 11) is 1.71. The molecule has 19 heavy (non-hydrogen) atoms. The Morgan fingerprint density at radius 2 is 1.89 bits per heavy atom. The van der Waals surface area contributed by atoms with E-state index in [1.807, 2.05) is 0 Å². The van der Waals surface area contributed by atoms with Crippen LogP contribution >= 0.6 is 0 Å². The Morgan fingerprint density at radius 1 is 1.21 bits per heavy atom. The van der Waals surface area contributed by atoms with Crippen LogP contribution in [0.4, 0.5) is 0 Å². The molecule has 1 aliphatic rings. The second-order valence-electron chi connectivity index (χ2n) is 7.22. The number of hydrogen-bond donors (Lipinski definition) is 1. The summed E-state index contributed by atoms with van der Waals surface area (Å²) >= 11 is 0. The van der Waals surface area contributed by atoms with E-state index < -0.39 is 0 Å². The van der Waals surface area contributed by atoms with Gasteiger partial charge >= 0.3 is 0 Å². The summed E-state index contributed by atoms with van der Waals surface area (Å²) < 4.78 is 10.6. The molecule has 4 nitrogen and oxygen atoms in total. The van der Waals surface area contributed by atoms with Crippen molar-refractivity contribution in [1.29, 1.82) is 0 Å². The van der Waals surface area contributed by atoms with Gasteiger partial charge in [-0.15, -0.1) is 0 Å². The molecule has 0 spiro atoms. The topological polar surface area (TPSA) is 33.7 Å². The Morgan fingerprint density at radius 3 is 2.47 bits per heavy atom. The molecule has 1 heterocycles. The molecule has 1 aliphatic heterocycles. The molecule has 0 aromatic heterocycles. The van der Waals surface area contributed by atoms with Crippen LogP contribution in [0.1, 0.15) is 34.6 Å². The van der Waals surface area contributed by atoms with E-state index in [-0.39, 0.29) is 11.0 Å². The smallest absolute Gasteiger partial charge is 0.0700 e. The first-order valence-corrected chi connectivity index (χ1v) is 7.32. The number of nitrogens with zero attached hydrogens (tertiary/aromatic N) is 1. The first-order chi connectivity index (χ1) is 8.76. The SMILES string of the molecule is COCCOCCN1CC(C)(C)NCC1C(C)(C)C. The zero-order valence-corrected chi connectivity index (χ0v) is 13.6. The molecule has 0 aromatic carbocycles. The Kier molecular flexibility index (Phi) is 6.24. The standard InChI is InChI=1S/C15H32N2O2/c1-14(2,3)13-11-16-15(4,5)12-17(13)7-8-19-10-9-18-6/h13,16H,7-12H2,1-6H3. The number of methoxy groups -OCH3 is 1. The molecule has 1 unspecified atom stereocenters. The summed E-state index contributed by atoms with van der Waals surface area (Å²) in [4.78, 5) is 2.57. The molecule has 0 saturated carbocycles.